The summed E-state index contributed by atoms with van der Waals surface area (Å²) in [5.74, 6) is 0.866. The van der Waals surface area contributed by atoms with Crippen molar-refractivity contribution in [2.24, 2.45) is 5.92 Å². The molecular formula is C14H28N2. The highest BCUT2D eigenvalue weighted by Gasteiger charge is 2.18. The maximum absolute atomic E-state index is 3.98. The minimum atomic E-state index is 0.866. The molecule has 1 saturated heterocycles. The summed E-state index contributed by atoms with van der Waals surface area (Å²) in [6.07, 6.45) is 5.18. The first-order chi connectivity index (χ1) is 7.72. The summed E-state index contributed by atoms with van der Waals surface area (Å²) in [6, 6.07) is 0. The van der Waals surface area contributed by atoms with Gasteiger partial charge in [-0.3, -0.25) is 0 Å². The summed E-state index contributed by atoms with van der Waals surface area (Å²) < 4.78 is 0. The molecule has 0 aromatic carbocycles. The van der Waals surface area contributed by atoms with E-state index in [1.54, 1.807) is 0 Å². The maximum Gasteiger partial charge on any atom is 0.00219 e. The predicted molar refractivity (Wildman–Crippen MR) is 71.8 cm³/mol. The van der Waals surface area contributed by atoms with Crippen LogP contribution in [0.15, 0.2) is 12.2 Å². The second kappa shape index (κ2) is 7.86. The average Bonchev–Trinajstić information content (AvgIpc) is 2.27. The van der Waals surface area contributed by atoms with E-state index in [1.165, 1.54) is 57.6 Å². The van der Waals surface area contributed by atoms with Crippen LogP contribution in [0, 0.1) is 5.92 Å². The van der Waals surface area contributed by atoms with Crippen LogP contribution in [0.25, 0.3) is 0 Å². The van der Waals surface area contributed by atoms with E-state index in [1.807, 2.05) is 0 Å². The van der Waals surface area contributed by atoms with Crippen LogP contribution >= 0.6 is 0 Å². The van der Waals surface area contributed by atoms with Gasteiger partial charge in [-0.25, -0.2) is 0 Å². The first-order valence-electron chi connectivity index (χ1n) is 6.79. The molecule has 0 spiro atoms. The maximum atomic E-state index is 3.98. The van der Waals surface area contributed by atoms with Gasteiger partial charge in [0.2, 0.25) is 0 Å². The molecule has 1 N–H and O–H groups in total. The lowest BCUT2D eigenvalue weighted by atomic mass is 9.97. The van der Waals surface area contributed by atoms with Crippen molar-refractivity contribution in [3.05, 3.63) is 12.2 Å². The third-order valence-electron chi connectivity index (χ3n) is 3.32. The number of hydrogen-bond donors (Lipinski definition) is 1. The topological polar surface area (TPSA) is 15.3 Å². The molecular weight excluding hydrogens is 196 g/mol. The van der Waals surface area contributed by atoms with E-state index < -0.39 is 0 Å². The number of piperidine rings is 1. The molecule has 0 radical (unpaired) electrons. The third kappa shape index (κ3) is 5.66. The molecule has 0 aromatic heterocycles. The molecule has 1 atom stereocenters. The first-order valence-corrected chi connectivity index (χ1v) is 6.79. The fraction of sp³-hybridized carbons (Fsp3) is 0.857. The van der Waals surface area contributed by atoms with E-state index in [-0.39, 0.29) is 0 Å². The first kappa shape index (κ1) is 13.7. The van der Waals surface area contributed by atoms with Crippen molar-refractivity contribution >= 4 is 0 Å². The molecule has 2 heteroatoms. The molecule has 0 bridgehead atoms. The molecule has 0 saturated carbocycles. The Morgan fingerprint density at radius 3 is 3.00 bits per heavy atom. The van der Waals surface area contributed by atoms with Gasteiger partial charge in [0.1, 0.15) is 0 Å². The summed E-state index contributed by atoms with van der Waals surface area (Å²) in [5, 5.41) is 3.55. The molecule has 2 nitrogen and oxygen atoms in total. The molecule has 16 heavy (non-hydrogen) atoms. The van der Waals surface area contributed by atoms with Gasteiger partial charge in [-0.2, -0.15) is 0 Å². The number of likely N-dealkylation sites (tertiary alicyclic amines) is 1. The number of nitrogens with one attached hydrogen (secondary N) is 1. The molecule has 1 heterocycles. The van der Waals surface area contributed by atoms with Gasteiger partial charge in [0, 0.05) is 13.1 Å². The van der Waals surface area contributed by atoms with Gasteiger partial charge in [-0.1, -0.05) is 12.5 Å². The van der Waals surface area contributed by atoms with Gasteiger partial charge >= 0.3 is 0 Å². The van der Waals surface area contributed by atoms with Crippen molar-refractivity contribution < 1.29 is 0 Å². The highest BCUT2D eigenvalue weighted by atomic mass is 15.1. The lowest BCUT2D eigenvalue weighted by Crippen LogP contribution is -2.40. The minimum Gasteiger partial charge on any atom is -0.316 e. The Balaban J connectivity index is 2.16. The Kier molecular flexibility index (Phi) is 6.74. The Morgan fingerprint density at radius 1 is 1.50 bits per heavy atom. The van der Waals surface area contributed by atoms with Crippen LogP contribution in [0.5, 0.6) is 0 Å². The average molecular weight is 224 g/mol. The largest absolute Gasteiger partial charge is 0.316 e. The van der Waals surface area contributed by atoms with E-state index in [9.17, 15) is 0 Å². The van der Waals surface area contributed by atoms with Gasteiger partial charge in [0.25, 0.3) is 0 Å². The van der Waals surface area contributed by atoms with Gasteiger partial charge in [0.05, 0.1) is 0 Å². The van der Waals surface area contributed by atoms with Crippen molar-refractivity contribution in [2.45, 2.75) is 39.5 Å². The van der Waals surface area contributed by atoms with Crippen LogP contribution < -0.4 is 5.32 Å². The van der Waals surface area contributed by atoms with E-state index in [2.05, 4.69) is 30.6 Å². The fourth-order valence-electron chi connectivity index (χ4n) is 2.35. The van der Waals surface area contributed by atoms with Crippen molar-refractivity contribution in [1.82, 2.24) is 10.2 Å². The Labute approximate surface area is 101 Å². The molecule has 1 aliphatic rings. The van der Waals surface area contributed by atoms with E-state index in [4.69, 9.17) is 0 Å². The summed E-state index contributed by atoms with van der Waals surface area (Å²) in [4.78, 5) is 2.61. The fourth-order valence-corrected chi connectivity index (χ4v) is 2.35. The standard InChI is InChI=1S/C14H28N2/c1-4-8-15-11-14-6-5-9-16(12-14)10-7-13(2)3/h14-15H,2,4-12H2,1,3H3. The molecule has 1 fully saturated rings. The number of hydrogen-bond acceptors (Lipinski definition) is 2. The zero-order valence-electron chi connectivity index (χ0n) is 11.1. The van der Waals surface area contributed by atoms with Gasteiger partial charge in [0.15, 0.2) is 0 Å². The highest BCUT2D eigenvalue weighted by molar-refractivity contribution is 4.89. The number of rotatable bonds is 7. The second-order valence-corrected chi connectivity index (χ2v) is 5.22. The minimum absolute atomic E-state index is 0.866. The summed E-state index contributed by atoms with van der Waals surface area (Å²) in [6.45, 7) is 14.5. The van der Waals surface area contributed by atoms with Crippen LogP contribution in [-0.4, -0.2) is 37.6 Å². The van der Waals surface area contributed by atoms with Crippen LogP contribution in [0.2, 0.25) is 0 Å². The molecule has 1 unspecified atom stereocenters. The monoisotopic (exact) mass is 224 g/mol. The van der Waals surface area contributed by atoms with Gasteiger partial charge in [-0.05, 0) is 58.2 Å². The smallest absolute Gasteiger partial charge is 0.00219 e. The van der Waals surface area contributed by atoms with Crippen molar-refractivity contribution in [2.75, 3.05) is 32.7 Å². The molecule has 1 aliphatic heterocycles. The zero-order chi connectivity index (χ0) is 11.8. The van der Waals surface area contributed by atoms with E-state index >= 15 is 0 Å². The molecule has 1 rings (SSSR count). The van der Waals surface area contributed by atoms with Crippen LogP contribution in [0.4, 0.5) is 0 Å². The number of nitrogens with zero attached hydrogens (tertiary/aromatic N) is 1. The SMILES string of the molecule is C=C(C)CCN1CCCC(CNCCC)C1. The van der Waals surface area contributed by atoms with Gasteiger partial charge in [-0.15, -0.1) is 6.58 Å². The van der Waals surface area contributed by atoms with Crippen LogP contribution in [-0.2, 0) is 0 Å². The third-order valence-corrected chi connectivity index (χ3v) is 3.32. The van der Waals surface area contributed by atoms with Crippen molar-refractivity contribution in [3.8, 4) is 0 Å². The Bertz CT molecular complexity index is 201. The lowest BCUT2D eigenvalue weighted by Gasteiger charge is -2.33. The van der Waals surface area contributed by atoms with Crippen molar-refractivity contribution in [3.63, 3.8) is 0 Å². The molecule has 0 aromatic rings. The summed E-state index contributed by atoms with van der Waals surface area (Å²) in [5.41, 5.74) is 1.31. The second-order valence-electron chi connectivity index (χ2n) is 5.22. The van der Waals surface area contributed by atoms with Crippen LogP contribution in [0.1, 0.15) is 39.5 Å². The highest BCUT2D eigenvalue weighted by Crippen LogP contribution is 2.16. The Morgan fingerprint density at radius 2 is 2.31 bits per heavy atom. The van der Waals surface area contributed by atoms with E-state index in [0.29, 0.717) is 0 Å². The van der Waals surface area contributed by atoms with Crippen LogP contribution in [0.3, 0.4) is 0 Å². The summed E-state index contributed by atoms with van der Waals surface area (Å²) in [7, 11) is 0. The molecule has 0 aliphatic carbocycles. The zero-order valence-corrected chi connectivity index (χ0v) is 11.1. The quantitative estimate of drug-likeness (QED) is 0.528. The van der Waals surface area contributed by atoms with E-state index in [0.717, 1.165) is 12.3 Å². The molecule has 94 valence electrons. The normalized spacial score (nSPS) is 22.2. The summed E-state index contributed by atoms with van der Waals surface area (Å²) >= 11 is 0. The Hall–Kier alpha value is -0.340. The van der Waals surface area contributed by atoms with Gasteiger partial charge < -0.3 is 10.2 Å². The predicted octanol–water partition coefficient (Wildman–Crippen LogP) is 2.66. The molecule has 0 amide bonds. The lowest BCUT2D eigenvalue weighted by molar-refractivity contribution is 0.174. The van der Waals surface area contributed by atoms with Crippen molar-refractivity contribution in [1.29, 1.82) is 0 Å².